The molecule has 13 heavy (non-hydrogen) atoms. The summed E-state index contributed by atoms with van der Waals surface area (Å²) in [6, 6.07) is 2.77. The summed E-state index contributed by atoms with van der Waals surface area (Å²) in [6.45, 7) is 0. The van der Waals surface area contributed by atoms with Crippen molar-refractivity contribution in [3.63, 3.8) is 0 Å². The number of hydrogen-bond acceptors (Lipinski definition) is 1. The first-order valence-corrected chi connectivity index (χ1v) is 4.83. The molecule has 0 fully saturated rings. The predicted molar refractivity (Wildman–Crippen MR) is 57.3 cm³/mol. The Balaban J connectivity index is 3.24. The summed E-state index contributed by atoms with van der Waals surface area (Å²) >= 11 is 6.15. The molecule has 1 aromatic rings. The average molecular weight is 311 g/mol. The zero-order chi connectivity index (χ0) is 10.0. The van der Waals surface area contributed by atoms with E-state index >= 15 is 0 Å². The van der Waals surface area contributed by atoms with Gasteiger partial charge in [0.15, 0.2) is 5.96 Å². The smallest absolute Gasteiger partial charge is 0.191 e. The van der Waals surface area contributed by atoms with Crippen LogP contribution in [0.15, 0.2) is 26.1 Å². The summed E-state index contributed by atoms with van der Waals surface area (Å²) in [5.74, 6) is -0.444. The lowest BCUT2D eigenvalue weighted by Crippen LogP contribution is -2.21. The lowest BCUT2D eigenvalue weighted by molar-refractivity contribution is 0.620. The first-order valence-electron chi connectivity index (χ1n) is 3.25. The maximum absolute atomic E-state index is 12.9. The Morgan fingerprint density at radius 1 is 1.23 bits per heavy atom. The monoisotopic (exact) mass is 309 g/mol. The van der Waals surface area contributed by atoms with Crippen molar-refractivity contribution in [2.75, 3.05) is 0 Å². The van der Waals surface area contributed by atoms with Gasteiger partial charge in [-0.2, -0.15) is 0 Å². The molecule has 0 radical (unpaired) electrons. The molecule has 0 aliphatic rings. The number of hydrogen-bond donors (Lipinski definition) is 2. The van der Waals surface area contributed by atoms with Crippen molar-refractivity contribution in [2.24, 2.45) is 16.5 Å². The average Bonchev–Trinajstić information content (AvgIpc) is 1.99. The summed E-state index contributed by atoms with van der Waals surface area (Å²) in [4.78, 5) is 3.79. The maximum Gasteiger partial charge on any atom is 0.191 e. The Hall–Kier alpha value is -0.620. The zero-order valence-electron chi connectivity index (χ0n) is 6.39. The fraction of sp³-hybridized carbons (Fsp3) is 0. The van der Waals surface area contributed by atoms with Crippen LogP contribution in [0.1, 0.15) is 0 Å². The van der Waals surface area contributed by atoms with Gasteiger partial charge in [0.2, 0.25) is 0 Å². The van der Waals surface area contributed by atoms with Gasteiger partial charge in [0, 0.05) is 4.47 Å². The summed E-state index contributed by atoms with van der Waals surface area (Å²) in [7, 11) is 0. The van der Waals surface area contributed by atoms with E-state index in [-0.39, 0.29) is 11.8 Å². The molecule has 0 atom stereocenters. The number of halogens is 3. The predicted octanol–water partition coefficient (Wildman–Crippen LogP) is 2.26. The quantitative estimate of drug-likeness (QED) is 0.475. The fourth-order valence-corrected chi connectivity index (χ4v) is 1.47. The second-order valence-electron chi connectivity index (χ2n) is 2.25. The Kier molecular flexibility index (Phi) is 3.27. The van der Waals surface area contributed by atoms with Crippen LogP contribution in [0.5, 0.6) is 0 Å². The second-order valence-corrected chi connectivity index (χ2v) is 3.96. The summed E-state index contributed by atoms with van der Waals surface area (Å²) < 4.78 is 13.7. The number of aliphatic imine (C=N–C) groups is 1. The van der Waals surface area contributed by atoms with Gasteiger partial charge < -0.3 is 11.5 Å². The highest BCUT2D eigenvalue weighted by molar-refractivity contribution is 9.11. The molecule has 1 rings (SSSR count). The van der Waals surface area contributed by atoms with Crippen LogP contribution in [0.4, 0.5) is 10.1 Å². The SMILES string of the molecule is NC(N)=Nc1cc(Br)c(F)cc1Br. The van der Waals surface area contributed by atoms with Crippen molar-refractivity contribution in [3.8, 4) is 0 Å². The molecule has 0 spiro atoms. The lowest BCUT2D eigenvalue weighted by Gasteiger charge is -2.01. The van der Waals surface area contributed by atoms with Gasteiger partial charge in [-0.15, -0.1) is 0 Å². The molecule has 3 nitrogen and oxygen atoms in total. The molecule has 0 saturated carbocycles. The van der Waals surface area contributed by atoms with Crippen LogP contribution in [-0.2, 0) is 0 Å². The van der Waals surface area contributed by atoms with E-state index in [1.165, 1.54) is 12.1 Å². The van der Waals surface area contributed by atoms with Gasteiger partial charge in [-0.1, -0.05) is 0 Å². The number of benzene rings is 1. The molecule has 4 N–H and O–H groups in total. The van der Waals surface area contributed by atoms with Crippen LogP contribution in [0, 0.1) is 5.82 Å². The number of nitrogens with two attached hydrogens (primary N) is 2. The van der Waals surface area contributed by atoms with Crippen LogP contribution < -0.4 is 11.5 Å². The fourth-order valence-electron chi connectivity index (χ4n) is 0.737. The summed E-state index contributed by atoms with van der Waals surface area (Å²) in [6.07, 6.45) is 0. The van der Waals surface area contributed by atoms with E-state index in [9.17, 15) is 4.39 Å². The molecule has 0 amide bonds. The molecule has 0 heterocycles. The molecule has 0 saturated heterocycles. The Labute approximate surface area is 91.3 Å². The normalized spacial score (nSPS) is 9.77. The third-order valence-corrected chi connectivity index (χ3v) is 2.48. The molecule has 6 heteroatoms. The van der Waals surface area contributed by atoms with Crippen molar-refractivity contribution in [1.82, 2.24) is 0 Å². The van der Waals surface area contributed by atoms with E-state index in [1.54, 1.807) is 0 Å². The van der Waals surface area contributed by atoms with Crippen LogP contribution in [0.2, 0.25) is 0 Å². The van der Waals surface area contributed by atoms with E-state index in [1.807, 2.05) is 0 Å². The topological polar surface area (TPSA) is 64.4 Å². The third kappa shape index (κ3) is 2.67. The molecule has 0 unspecified atom stereocenters. The van der Waals surface area contributed by atoms with Crippen molar-refractivity contribution in [2.45, 2.75) is 0 Å². The van der Waals surface area contributed by atoms with Crippen molar-refractivity contribution >= 4 is 43.5 Å². The molecule has 70 valence electrons. The molecular formula is C7H6Br2FN3. The highest BCUT2D eigenvalue weighted by Crippen LogP contribution is 2.30. The largest absolute Gasteiger partial charge is 0.370 e. The molecule has 0 aromatic heterocycles. The first-order chi connectivity index (χ1) is 6.00. The summed E-state index contributed by atoms with van der Waals surface area (Å²) in [5.41, 5.74) is 10.8. The van der Waals surface area contributed by atoms with Gasteiger partial charge in [0.1, 0.15) is 5.82 Å². The molecule has 0 aliphatic heterocycles. The van der Waals surface area contributed by atoms with Crippen LogP contribution >= 0.6 is 31.9 Å². The van der Waals surface area contributed by atoms with Gasteiger partial charge in [0.05, 0.1) is 10.2 Å². The number of rotatable bonds is 1. The minimum absolute atomic E-state index is 0.0702. The molecule has 1 aromatic carbocycles. The van der Waals surface area contributed by atoms with Gasteiger partial charge in [-0.25, -0.2) is 9.38 Å². The lowest BCUT2D eigenvalue weighted by atomic mass is 10.3. The van der Waals surface area contributed by atoms with E-state index in [4.69, 9.17) is 11.5 Å². The van der Waals surface area contributed by atoms with Crippen molar-refractivity contribution in [1.29, 1.82) is 0 Å². The standard InChI is InChI=1S/C7H6Br2FN3/c8-3-2-6(13-7(11)12)4(9)1-5(3)10/h1-2H,(H4,11,12,13). The van der Waals surface area contributed by atoms with Gasteiger partial charge >= 0.3 is 0 Å². The van der Waals surface area contributed by atoms with Gasteiger partial charge in [-0.3, -0.25) is 0 Å². The van der Waals surface area contributed by atoms with E-state index in [0.29, 0.717) is 14.6 Å². The first kappa shape index (κ1) is 10.5. The highest BCUT2D eigenvalue weighted by atomic mass is 79.9. The number of guanidine groups is 1. The van der Waals surface area contributed by atoms with E-state index in [2.05, 4.69) is 36.9 Å². The highest BCUT2D eigenvalue weighted by Gasteiger charge is 2.05. The zero-order valence-corrected chi connectivity index (χ0v) is 9.56. The minimum Gasteiger partial charge on any atom is -0.370 e. The van der Waals surface area contributed by atoms with E-state index in [0.717, 1.165) is 0 Å². The molecule has 0 bridgehead atoms. The van der Waals surface area contributed by atoms with E-state index < -0.39 is 0 Å². The molecular weight excluding hydrogens is 305 g/mol. The Morgan fingerprint density at radius 3 is 2.38 bits per heavy atom. The van der Waals surface area contributed by atoms with Crippen molar-refractivity contribution < 1.29 is 4.39 Å². The van der Waals surface area contributed by atoms with Gasteiger partial charge in [0.25, 0.3) is 0 Å². The van der Waals surface area contributed by atoms with Crippen LogP contribution in [-0.4, -0.2) is 5.96 Å². The second kappa shape index (κ2) is 4.06. The van der Waals surface area contributed by atoms with Gasteiger partial charge in [-0.05, 0) is 44.0 Å². The van der Waals surface area contributed by atoms with Crippen LogP contribution in [0.3, 0.4) is 0 Å². The Bertz CT molecular complexity index is 361. The van der Waals surface area contributed by atoms with Crippen LogP contribution in [0.25, 0.3) is 0 Å². The Morgan fingerprint density at radius 2 is 1.85 bits per heavy atom. The summed E-state index contributed by atoms with van der Waals surface area (Å²) in [5, 5.41) is 0. The molecule has 0 aliphatic carbocycles. The third-order valence-electron chi connectivity index (χ3n) is 1.24. The van der Waals surface area contributed by atoms with Crippen molar-refractivity contribution in [3.05, 3.63) is 26.9 Å². The number of nitrogens with zero attached hydrogens (tertiary/aromatic N) is 1. The maximum atomic E-state index is 12.9. The minimum atomic E-state index is -0.374.